The van der Waals surface area contributed by atoms with Gasteiger partial charge in [0.1, 0.15) is 0 Å². The molecule has 5 heteroatoms. The molecular weight excluding hydrogens is 470 g/mol. The van der Waals surface area contributed by atoms with E-state index in [0.29, 0.717) is 32.3 Å². The van der Waals surface area contributed by atoms with E-state index in [-0.39, 0.29) is 0 Å². The Morgan fingerprint density at radius 2 is 0.774 bits per heavy atom. The van der Waals surface area contributed by atoms with Crippen LogP contribution in [0.2, 0.25) is 10.0 Å². The first-order valence-electron chi connectivity index (χ1n) is 9.64. The molecule has 0 fully saturated rings. The second-order valence-corrected chi connectivity index (χ2v) is 8.86. The lowest BCUT2D eigenvalue weighted by molar-refractivity contribution is -0.0287. The average molecular weight is 488 g/mol. The molecule has 0 amide bonds. The van der Waals surface area contributed by atoms with Crippen LogP contribution in [0.4, 0.5) is 0 Å². The monoisotopic (exact) mass is 486 g/mol. The fraction of sp³-hybridized carbons (Fsp3) is 0.0769. The van der Waals surface area contributed by atoms with E-state index < -0.39 is 10.1 Å². The summed E-state index contributed by atoms with van der Waals surface area (Å²) < 4.78 is 6.69. The number of ether oxygens (including phenoxy) is 1. The molecule has 0 N–H and O–H groups in total. The van der Waals surface area contributed by atoms with Gasteiger partial charge >= 0.3 is 0 Å². The molecule has 0 heterocycles. The van der Waals surface area contributed by atoms with Crippen molar-refractivity contribution >= 4 is 46.4 Å². The fourth-order valence-electron chi connectivity index (χ4n) is 3.48. The molecule has 2 atom stereocenters. The Morgan fingerprint density at radius 3 is 1.13 bits per heavy atom. The predicted octanol–water partition coefficient (Wildman–Crippen LogP) is 8.59. The van der Waals surface area contributed by atoms with E-state index in [1.54, 1.807) is 12.1 Å². The zero-order valence-electron chi connectivity index (χ0n) is 16.3. The highest BCUT2D eigenvalue weighted by Crippen LogP contribution is 2.51. The number of rotatable bonds is 6. The minimum absolute atomic E-state index is 0.465. The molecule has 0 aliphatic carbocycles. The summed E-state index contributed by atoms with van der Waals surface area (Å²) in [6, 6.07) is 33.5. The molecule has 0 saturated heterocycles. The molecule has 2 unspecified atom stereocenters. The van der Waals surface area contributed by atoms with Gasteiger partial charge in [0.05, 0.1) is 0 Å². The van der Waals surface area contributed by atoms with Crippen molar-refractivity contribution in [3.05, 3.63) is 141 Å². The minimum Gasteiger partial charge on any atom is -0.321 e. The van der Waals surface area contributed by atoms with Gasteiger partial charge in [-0.05, 0) is 12.1 Å². The summed E-state index contributed by atoms with van der Waals surface area (Å²) in [5.41, 5.74) is 2.55. The summed E-state index contributed by atoms with van der Waals surface area (Å²) in [7, 11) is 0. The van der Waals surface area contributed by atoms with Crippen LogP contribution in [0.25, 0.3) is 0 Å². The van der Waals surface area contributed by atoms with E-state index in [9.17, 15) is 0 Å². The van der Waals surface area contributed by atoms with Gasteiger partial charge in [0.15, 0.2) is 10.1 Å². The fourth-order valence-corrected chi connectivity index (χ4v) is 4.97. The SMILES string of the molecule is Clc1ccccc1C(Cl)(OC(Cl)(c1ccccc1)c1ccccc1Cl)c1ccccc1. The van der Waals surface area contributed by atoms with Crippen molar-refractivity contribution in [3.63, 3.8) is 0 Å². The van der Waals surface area contributed by atoms with Crippen molar-refractivity contribution < 1.29 is 4.74 Å². The smallest absolute Gasteiger partial charge is 0.197 e. The first kappa shape index (κ1) is 22.2. The lowest BCUT2D eigenvalue weighted by Gasteiger charge is -2.39. The molecule has 1 nitrogen and oxygen atoms in total. The molecule has 0 bridgehead atoms. The molecule has 0 aromatic heterocycles. The summed E-state index contributed by atoms with van der Waals surface area (Å²) in [4.78, 5) is 0. The molecule has 0 radical (unpaired) electrons. The molecule has 4 rings (SSSR count). The topological polar surface area (TPSA) is 9.23 Å². The molecule has 0 aliphatic heterocycles. The number of hydrogen-bond donors (Lipinski definition) is 0. The quantitative estimate of drug-likeness (QED) is 0.247. The van der Waals surface area contributed by atoms with Crippen molar-refractivity contribution in [1.82, 2.24) is 0 Å². The van der Waals surface area contributed by atoms with E-state index in [1.807, 2.05) is 97.1 Å². The van der Waals surface area contributed by atoms with Crippen molar-refractivity contribution in [2.75, 3.05) is 0 Å². The highest BCUT2D eigenvalue weighted by molar-refractivity contribution is 6.35. The first-order valence-corrected chi connectivity index (χ1v) is 11.2. The molecule has 31 heavy (non-hydrogen) atoms. The Labute approximate surface area is 202 Å². The number of benzene rings is 4. The normalized spacial score (nSPS) is 15.1. The molecule has 4 aromatic carbocycles. The average Bonchev–Trinajstić information content (AvgIpc) is 2.80. The van der Waals surface area contributed by atoms with Gasteiger partial charge in [-0.15, -0.1) is 0 Å². The zero-order chi connectivity index (χ0) is 21.9. The van der Waals surface area contributed by atoms with Crippen molar-refractivity contribution in [1.29, 1.82) is 0 Å². The maximum absolute atomic E-state index is 7.30. The van der Waals surface area contributed by atoms with Crippen molar-refractivity contribution in [2.45, 2.75) is 10.1 Å². The molecule has 0 aliphatic rings. The summed E-state index contributed by atoms with van der Waals surface area (Å²) in [6.45, 7) is 0. The maximum Gasteiger partial charge on any atom is 0.197 e. The molecular formula is C26H18Cl4O. The second kappa shape index (κ2) is 9.24. The van der Waals surface area contributed by atoms with Gasteiger partial charge in [-0.3, -0.25) is 0 Å². The van der Waals surface area contributed by atoms with Crippen LogP contribution in [0, 0.1) is 0 Å². The van der Waals surface area contributed by atoms with E-state index in [1.165, 1.54) is 0 Å². The Kier molecular flexibility index (Phi) is 6.62. The Hall–Kier alpha value is -2.00. The standard InChI is InChI=1S/C26H18Cl4O/c27-23-17-9-7-15-21(23)25(29,19-11-3-1-4-12-19)31-26(30,20-13-5-2-6-14-20)22-16-8-10-18-24(22)28/h1-18H. The second-order valence-electron chi connectivity index (χ2n) is 6.98. The largest absolute Gasteiger partial charge is 0.321 e. The highest BCUT2D eigenvalue weighted by Gasteiger charge is 2.46. The van der Waals surface area contributed by atoms with Crippen LogP contribution in [0.5, 0.6) is 0 Å². The van der Waals surface area contributed by atoms with Crippen LogP contribution in [0.3, 0.4) is 0 Å². The summed E-state index contributed by atoms with van der Waals surface area (Å²) >= 11 is 27.7. The lowest BCUT2D eigenvalue weighted by atomic mass is 9.96. The van der Waals surface area contributed by atoms with Crippen LogP contribution in [-0.2, 0) is 14.9 Å². The minimum atomic E-state index is -1.49. The van der Waals surface area contributed by atoms with E-state index in [0.717, 1.165) is 0 Å². The van der Waals surface area contributed by atoms with Gasteiger partial charge in [0.25, 0.3) is 0 Å². The van der Waals surface area contributed by atoms with E-state index in [4.69, 9.17) is 51.1 Å². The zero-order valence-corrected chi connectivity index (χ0v) is 19.3. The third-order valence-corrected chi connectivity index (χ3v) is 6.67. The van der Waals surface area contributed by atoms with Gasteiger partial charge in [-0.25, -0.2) is 0 Å². The molecule has 0 spiro atoms. The van der Waals surface area contributed by atoms with Gasteiger partial charge in [0.2, 0.25) is 0 Å². The van der Waals surface area contributed by atoms with Gasteiger partial charge < -0.3 is 4.74 Å². The Morgan fingerprint density at radius 1 is 0.452 bits per heavy atom. The van der Waals surface area contributed by atoms with Gasteiger partial charge in [0, 0.05) is 32.3 Å². The van der Waals surface area contributed by atoms with Crippen LogP contribution in [0.15, 0.2) is 109 Å². The van der Waals surface area contributed by atoms with Crippen LogP contribution in [-0.4, -0.2) is 0 Å². The highest BCUT2D eigenvalue weighted by atomic mass is 35.5. The maximum atomic E-state index is 7.30. The van der Waals surface area contributed by atoms with Crippen molar-refractivity contribution in [3.8, 4) is 0 Å². The van der Waals surface area contributed by atoms with Crippen LogP contribution in [0.1, 0.15) is 22.3 Å². The van der Waals surface area contributed by atoms with Gasteiger partial charge in [-0.1, -0.05) is 143 Å². The third kappa shape index (κ3) is 4.35. The summed E-state index contributed by atoms with van der Waals surface area (Å²) in [6.07, 6.45) is 0. The van der Waals surface area contributed by atoms with Crippen LogP contribution < -0.4 is 0 Å². The van der Waals surface area contributed by atoms with Crippen LogP contribution >= 0.6 is 46.4 Å². The number of alkyl halides is 2. The Bertz CT molecular complexity index is 1070. The molecule has 156 valence electrons. The lowest BCUT2D eigenvalue weighted by Crippen LogP contribution is -2.36. The Balaban J connectivity index is 1.97. The number of hydrogen-bond acceptors (Lipinski definition) is 1. The third-order valence-electron chi connectivity index (χ3n) is 5.01. The summed E-state index contributed by atoms with van der Waals surface area (Å²) in [5.74, 6) is 0. The van der Waals surface area contributed by atoms with E-state index in [2.05, 4.69) is 0 Å². The predicted molar refractivity (Wildman–Crippen MR) is 130 cm³/mol. The van der Waals surface area contributed by atoms with Crippen molar-refractivity contribution in [2.24, 2.45) is 0 Å². The molecule has 4 aromatic rings. The first-order chi connectivity index (χ1) is 14.9. The van der Waals surface area contributed by atoms with Gasteiger partial charge in [-0.2, -0.15) is 0 Å². The summed E-state index contributed by atoms with van der Waals surface area (Å²) in [5, 5.41) is -2.05. The number of halogens is 4. The van der Waals surface area contributed by atoms with E-state index >= 15 is 0 Å². The molecule has 0 saturated carbocycles.